The standard InChI is InChI=1S/C43H80FNO9/c1-2-3-4-5-6-7-8-9-11-14-17-20-23-34(47)36(48)33(27-53-40-39(51)38(50)37(49)35(26-46)54-40)45-43(31-52-32-43)25-22-19-16-13-10-12-15-18-21-24-41-28-42(44,29-41)30-41/h33-40,45-51H,2-32H2,1H3/t33-,34+,35?,36-,37?,38?,39?,40?,41?,42?/m0/s1. The highest BCUT2D eigenvalue weighted by Crippen LogP contribution is 2.71. The van der Waals surface area contributed by atoms with Gasteiger partial charge in [-0.1, -0.05) is 142 Å². The smallest absolute Gasteiger partial charge is 0.186 e. The molecule has 3 saturated carbocycles. The van der Waals surface area contributed by atoms with E-state index in [-0.39, 0.29) is 12.1 Å². The largest absolute Gasteiger partial charge is 0.394 e. The highest BCUT2D eigenvalue weighted by molar-refractivity contribution is 5.18. The van der Waals surface area contributed by atoms with Crippen LogP contribution in [0.15, 0.2) is 0 Å². The normalized spacial score (nSPS) is 31.7. The van der Waals surface area contributed by atoms with E-state index in [2.05, 4.69) is 12.2 Å². The highest BCUT2D eigenvalue weighted by atomic mass is 19.1. The van der Waals surface area contributed by atoms with Gasteiger partial charge in [0.25, 0.3) is 0 Å². The van der Waals surface area contributed by atoms with Crippen molar-refractivity contribution in [2.45, 2.75) is 240 Å². The molecule has 2 heterocycles. The van der Waals surface area contributed by atoms with Gasteiger partial charge in [0.2, 0.25) is 0 Å². The number of ether oxygens (including phenoxy) is 3. The predicted octanol–water partition coefficient (Wildman–Crippen LogP) is 6.53. The van der Waals surface area contributed by atoms with Crippen molar-refractivity contribution in [2.75, 3.05) is 26.4 Å². The van der Waals surface area contributed by atoms with Gasteiger partial charge >= 0.3 is 0 Å². The first kappa shape index (κ1) is 46.2. The van der Waals surface area contributed by atoms with Gasteiger partial charge in [-0.2, -0.15) is 0 Å². The maximum absolute atomic E-state index is 13.7. The molecule has 11 heteroatoms. The molecule has 5 aliphatic rings. The molecule has 2 bridgehead atoms. The monoisotopic (exact) mass is 774 g/mol. The number of rotatable bonds is 33. The molecule has 0 aromatic rings. The minimum Gasteiger partial charge on any atom is -0.394 e. The maximum atomic E-state index is 13.7. The number of aliphatic hydroxyl groups is 6. The Bertz CT molecular complexity index is 982. The Morgan fingerprint density at radius 3 is 1.67 bits per heavy atom. The number of hydrogen-bond acceptors (Lipinski definition) is 10. The van der Waals surface area contributed by atoms with E-state index in [0.29, 0.717) is 25.0 Å². The molecule has 0 radical (unpaired) electrons. The van der Waals surface area contributed by atoms with Crippen LogP contribution in [-0.4, -0.2) is 117 Å². The first-order chi connectivity index (χ1) is 26.0. The summed E-state index contributed by atoms with van der Waals surface area (Å²) in [5.74, 6) is 0. The second-order valence-corrected chi connectivity index (χ2v) is 18.2. The molecule has 54 heavy (non-hydrogen) atoms. The van der Waals surface area contributed by atoms with E-state index in [9.17, 15) is 35.0 Å². The summed E-state index contributed by atoms with van der Waals surface area (Å²) in [6.07, 6.45) is 21.2. The Balaban J connectivity index is 1.15. The Morgan fingerprint density at radius 2 is 1.19 bits per heavy atom. The zero-order valence-electron chi connectivity index (χ0n) is 33.8. The van der Waals surface area contributed by atoms with Crippen LogP contribution >= 0.6 is 0 Å². The van der Waals surface area contributed by atoms with E-state index in [4.69, 9.17) is 14.2 Å². The second kappa shape index (κ2) is 23.8. The van der Waals surface area contributed by atoms with Gasteiger partial charge in [0.15, 0.2) is 6.29 Å². The lowest BCUT2D eigenvalue weighted by Crippen LogP contribution is -2.67. The SMILES string of the molecule is CCCCCCCCCCCCCC[C@@H](O)[C@@H](O)[C@H](COC1OC(CO)C(O)C(O)C1O)NC1(CCCCCCCCCCCC23CC(F)(C2)C3)COC1. The Morgan fingerprint density at radius 1 is 0.685 bits per heavy atom. The van der Waals surface area contributed by atoms with Crippen LogP contribution in [0.1, 0.15) is 180 Å². The van der Waals surface area contributed by atoms with Crippen LogP contribution in [-0.2, 0) is 14.2 Å². The molecule has 318 valence electrons. The second-order valence-electron chi connectivity index (χ2n) is 18.2. The van der Waals surface area contributed by atoms with Crippen LogP contribution < -0.4 is 5.32 Å². The minimum absolute atomic E-state index is 0.126. The maximum Gasteiger partial charge on any atom is 0.186 e. The molecule has 5 unspecified atom stereocenters. The van der Waals surface area contributed by atoms with Crippen molar-refractivity contribution in [1.82, 2.24) is 5.32 Å². The molecule has 3 aliphatic carbocycles. The summed E-state index contributed by atoms with van der Waals surface area (Å²) in [4.78, 5) is 0. The van der Waals surface area contributed by atoms with E-state index in [0.717, 1.165) is 57.8 Å². The van der Waals surface area contributed by atoms with E-state index >= 15 is 0 Å². The molecular weight excluding hydrogens is 693 g/mol. The van der Waals surface area contributed by atoms with Crippen LogP contribution in [0.3, 0.4) is 0 Å². The third-order valence-corrected chi connectivity index (χ3v) is 13.1. The van der Waals surface area contributed by atoms with Gasteiger partial charge in [0, 0.05) is 0 Å². The summed E-state index contributed by atoms with van der Waals surface area (Å²) in [6, 6.07) is -0.707. The van der Waals surface area contributed by atoms with Crippen molar-refractivity contribution in [3.05, 3.63) is 0 Å². The van der Waals surface area contributed by atoms with Gasteiger partial charge in [-0.3, -0.25) is 5.32 Å². The molecule has 8 atom stereocenters. The number of nitrogens with one attached hydrogen (secondary N) is 1. The summed E-state index contributed by atoms with van der Waals surface area (Å²) >= 11 is 0. The minimum atomic E-state index is -1.56. The van der Waals surface area contributed by atoms with Gasteiger partial charge in [0.1, 0.15) is 30.1 Å². The third-order valence-electron chi connectivity index (χ3n) is 13.1. The number of aliphatic hydroxyl groups excluding tert-OH is 6. The molecule has 0 aromatic carbocycles. The first-order valence-electron chi connectivity index (χ1n) is 22.4. The zero-order valence-corrected chi connectivity index (χ0v) is 33.8. The van der Waals surface area contributed by atoms with Crippen molar-refractivity contribution < 1.29 is 49.2 Å². The lowest BCUT2D eigenvalue weighted by atomic mass is 9.41. The third kappa shape index (κ3) is 14.4. The van der Waals surface area contributed by atoms with Gasteiger partial charge in [0.05, 0.1) is 50.2 Å². The Hall–Kier alpha value is -0.470. The number of hydrogen-bond donors (Lipinski definition) is 7. The van der Waals surface area contributed by atoms with Crippen molar-refractivity contribution in [3.63, 3.8) is 0 Å². The van der Waals surface area contributed by atoms with Crippen LogP contribution in [0.4, 0.5) is 4.39 Å². The van der Waals surface area contributed by atoms with E-state index in [1.54, 1.807) is 0 Å². The topological polar surface area (TPSA) is 161 Å². The molecule has 0 amide bonds. The van der Waals surface area contributed by atoms with Gasteiger partial charge in [-0.25, -0.2) is 4.39 Å². The number of halogens is 1. The summed E-state index contributed by atoms with van der Waals surface area (Å²) < 4.78 is 30.8. The van der Waals surface area contributed by atoms with E-state index < -0.39 is 61.2 Å². The molecular formula is C43H80FNO9. The first-order valence-corrected chi connectivity index (χ1v) is 22.4. The quantitative estimate of drug-likeness (QED) is 0.0366. The van der Waals surface area contributed by atoms with Gasteiger partial charge < -0.3 is 44.8 Å². The van der Waals surface area contributed by atoms with Crippen LogP contribution in [0.25, 0.3) is 0 Å². The fourth-order valence-electron chi connectivity index (χ4n) is 9.63. The predicted molar refractivity (Wildman–Crippen MR) is 209 cm³/mol. The van der Waals surface area contributed by atoms with Crippen molar-refractivity contribution in [1.29, 1.82) is 0 Å². The fraction of sp³-hybridized carbons (Fsp3) is 1.00. The van der Waals surface area contributed by atoms with E-state index in [1.807, 2.05) is 0 Å². The molecule has 0 spiro atoms. The molecule has 5 fully saturated rings. The van der Waals surface area contributed by atoms with Gasteiger partial charge in [-0.05, 0) is 43.9 Å². The van der Waals surface area contributed by atoms with Gasteiger partial charge in [-0.15, -0.1) is 0 Å². The molecule has 2 saturated heterocycles. The number of unbranched alkanes of at least 4 members (excludes halogenated alkanes) is 19. The molecule has 5 rings (SSSR count). The lowest BCUT2D eigenvalue weighted by molar-refractivity contribution is -0.303. The average Bonchev–Trinajstić information content (AvgIpc) is 3.12. The molecule has 10 nitrogen and oxygen atoms in total. The molecule has 2 aliphatic heterocycles. The Labute approximate surface area is 326 Å². The van der Waals surface area contributed by atoms with Crippen LogP contribution in [0.5, 0.6) is 0 Å². The lowest BCUT2D eigenvalue weighted by Gasteiger charge is -2.66. The van der Waals surface area contributed by atoms with Crippen molar-refractivity contribution in [3.8, 4) is 0 Å². The summed E-state index contributed by atoms with van der Waals surface area (Å²) in [5.41, 5.74) is -0.764. The summed E-state index contributed by atoms with van der Waals surface area (Å²) in [5, 5.41) is 66.8. The summed E-state index contributed by atoms with van der Waals surface area (Å²) in [7, 11) is 0. The average molecular weight is 774 g/mol. The zero-order chi connectivity index (χ0) is 38.9. The Kier molecular flexibility index (Phi) is 20.4. The van der Waals surface area contributed by atoms with E-state index in [1.165, 1.54) is 109 Å². The van der Waals surface area contributed by atoms with Crippen LogP contribution in [0, 0.1) is 5.41 Å². The fourth-order valence-corrected chi connectivity index (χ4v) is 9.63. The van der Waals surface area contributed by atoms with Crippen molar-refractivity contribution in [2.24, 2.45) is 5.41 Å². The highest BCUT2D eigenvalue weighted by Gasteiger charge is 2.68. The molecule has 7 N–H and O–H groups in total. The van der Waals surface area contributed by atoms with Crippen molar-refractivity contribution >= 4 is 0 Å². The molecule has 0 aromatic heterocycles. The number of alkyl halides is 1. The van der Waals surface area contributed by atoms with Crippen LogP contribution in [0.2, 0.25) is 0 Å². The summed E-state index contributed by atoms with van der Waals surface area (Å²) in [6.45, 7) is 2.53.